The largest absolute Gasteiger partial charge is 0.352 e. The van der Waals surface area contributed by atoms with Gasteiger partial charge in [0.05, 0.1) is 26.9 Å². The molecule has 0 fully saturated rings. The van der Waals surface area contributed by atoms with Crippen LogP contribution in [0.2, 0.25) is 0 Å². The van der Waals surface area contributed by atoms with E-state index in [2.05, 4.69) is 35.6 Å². The number of hydrogen-bond acceptors (Lipinski definition) is 10. The van der Waals surface area contributed by atoms with Gasteiger partial charge in [-0.1, -0.05) is 6.07 Å². The number of aromatic amines is 1. The molecule has 4 heterocycles. The number of aromatic nitrogens is 5. The summed E-state index contributed by atoms with van der Waals surface area (Å²) in [5.41, 5.74) is 1.95. The van der Waals surface area contributed by atoms with Crippen molar-refractivity contribution in [2.24, 2.45) is 4.99 Å². The summed E-state index contributed by atoms with van der Waals surface area (Å²) in [6, 6.07) is 8.27. The number of pyridine rings is 1. The van der Waals surface area contributed by atoms with Crippen molar-refractivity contribution in [3.63, 3.8) is 0 Å². The molecule has 0 atom stereocenters. The van der Waals surface area contributed by atoms with Gasteiger partial charge >= 0.3 is 0 Å². The van der Waals surface area contributed by atoms with E-state index in [4.69, 9.17) is 4.99 Å². The lowest BCUT2D eigenvalue weighted by Gasteiger charge is -2.14. The standard InChI is InChI=1S/C25H26F2N8O2S2/c1-12-8-18(29-13(2)28-12)31-19-10-16(20-22(32-19)34-23(33-20)21(26)27)30-15-7-6-14(9-17(15)39(5,36)37)24-35-25(3,4)11-38-24/h6-10,21H,11H2,1-5H3,(H3,28,29,30,31,32,33,34). The van der Waals surface area contributed by atoms with Crippen LogP contribution in [0.1, 0.15) is 43.2 Å². The van der Waals surface area contributed by atoms with Gasteiger partial charge in [-0.3, -0.25) is 4.99 Å². The van der Waals surface area contributed by atoms with E-state index >= 15 is 0 Å². The third-order valence-electron chi connectivity index (χ3n) is 5.76. The first-order valence-electron chi connectivity index (χ1n) is 11.9. The van der Waals surface area contributed by atoms with Gasteiger partial charge in [-0.15, -0.1) is 11.8 Å². The van der Waals surface area contributed by atoms with Gasteiger partial charge in [-0.05, 0) is 39.8 Å². The summed E-state index contributed by atoms with van der Waals surface area (Å²) < 4.78 is 52.6. The fourth-order valence-corrected chi connectivity index (χ4v) is 6.15. The summed E-state index contributed by atoms with van der Waals surface area (Å²) in [7, 11) is -3.69. The smallest absolute Gasteiger partial charge is 0.295 e. The molecular weight excluding hydrogens is 546 g/mol. The molecule has 39 heavy (non-hydrogen) atoms. The average molecular weight is 573 g/mol. The summed E-state index contributed by atoms with van der Waals surface area (Å²) in [4.78, 5) is 24.3. The van der Waals surface area contributed by atoms with Gasteiger partial charge in [0.15, 0.2) is 21.3 Å². The van der Waals surface area contributed by atoms with E-state index in [1.807, 2.05) is 20.8 Å². The predicted octanol–water partition coefficient (Wildman–Crippen LogP) is 5.47. The predicted molar refractivity (Wildman–Crippen MR) is 150 cm³/mol. The minimum atomic E-state index is -3.69. The molecule has 3 N–H and O–H groups in total. The number of aliphatic imine (C=N–C) groups is 1. The Balaban J connectivity index is 1.60. The van der Waals surface area contributed by atoms with Gasteiger partial charge in [-0.25, -0.2) is 37.1 Å². The summed E-state index contributed by atoms with van der Waals surface area (Å²) in [5.74, 6) is 1.53. The highest BCUT2D eigenvalue weighted by atomic mass is 32.2. The van der Waals surface area contributed by atoms with E-state index in [-0.39, 0.29) is 38.8 Å². The number of H-pyrrole nitrogens is 1. The van der Waals surface area contributed by atoms with E-state index in [1.165, 1.54) is 0 Å². The lowest BCUT2D eigenvalue weighted by Crippen LogP contribution is -2.15. The van der Waals surface area contributed by atoms with Crippen LogP contribution in [0.3, 0.4) is 0 Å². The second kappa shape index (κ2) is 9.83. The topological polar surface area (TPSA) is 138 Å². The zero-order valence-electron chi connectivity index (χ0n) is 21.8. The number of anilines is 4. The van der Waals surface area contributed by atoms with E-state index in [0.29, 0.717) is 17.2 Å². The molecule has 0 radical (unpaired) electrons. The molecule has 1 aromatic carbocycles. The Hall–Kier alpha value is -3.65. The molecule has 0 unspecified atom stereocenters. The number of benzene rings is 1. The van der Waals surface area contributed by atoms with Crippen LogP contribution in [0.5, 0.6) is 0 Å². The highest BCUT2D eigenvalue weighted by Crippen LogP contribution is 2.35. The molecule has 1 aliphatic rings. The van der Waals surface area contributed by atoms with E-state index in [0.717, 1.165) is 22.7 Å². The molecule has 0 saturated heterocycles. The van der Waals surface area contributed by atoms with Crippen LogP contribution in [-0.2, 0) is 9.84 Å². The van der Waals surface area contributed by atoms with E-state index in [1.54, 1.807) is 49.0 Å². The number of imidazole rings is 1. The number of thioether (sulfide) groups is 1. The lowest BCUT2D eigenvalue weighted by atomic mass is 10.1. The van der Waals surface area contributed by atoms with Gasteiger partial charge in [0.25, 0.3) is 6.43 Å². The van der Waals surface area contributed by atoms with Gasteiger partial charge in [0.2, 0.25) is 0 Å². The number of halogens is 2. The van der Waals surface area contributed by atoms with Gasteiger partial charge in [-0.2, -0.15) is 0 Å². The van der Waals surface area contributed by atoms with Gasteiger partial charge in [0.1, 0.15) is 23.0 Å². The maximum Gasteiger partial charge on any atom is 0.295 e. The molecule has 4 aromatic rings. The normalized spacial score (nSPS) is 15.1. The first-order chi connectivity index (χ1) is 18.3. The van der Waals surface area contributed by atoms with Crippen LogP contribution in [0.15, 0.2) is 40.2 Å². The molecule has 0 bridgehead atoms. The first kappa shape index (κ1) is 26.9. The van der Waals surface area contributed by atoms with Crippen LogP contribution in [-0.4, -0.2) is 55.9 Å². The van der Waals surface area contributed by atoms with Crippen molar-refractivity contribution in [1.82, 2.24) is 24.9 Å². The number of aryl methyl sites for hydroxylation is 2. The highest BCUT2D eigenvalue weighted by Gasteiger charge is 2.27. The molecule has 10 nitrogen and oxygen atoms in total. The number of nitrogens with zero attached hydrogens (tertiary/aromatic N) is 5. The Morgan fingerprint density at radius 2 is 1.74 bits per heavy atom. The minimum Gasteiger partial charge on any atom is -0.352 e. The molecule has 0 amide bonds. The second-order valence-corrected chi connectivity index (χ2v) is 12.8. The van der Waals surface area contributed by atoms with Crippen molar-refractivity contribution in [3.8, 4) is 0 Å². The number of alkyl halides is 2. The van der Waals surface area contributed by atoms with Gasteiger partial charge < -0.3 is 15.6 Å². The maximum absolute atomic E-state index is 13.5. The maximum atomic E-state index is 13.5. The van der Waals surface area contributed by atoms with Gasteiger partial charge in [0, 0.05) is 35.4 Å². The molecule has 14 heteroatoms. The lowest BCUT2D eigenvalue weighted by molar-refractivity contribution is 0.142. The van der Waals surface area contributed by atoms with E-state index < -0.39 is 22.1 Å². The quantitative estimate of drug-likeness (QED) is 0.263. The zero-order chi connectivity index (χ0) is 28.1. The van der Waals surface area contributed by atoms with Crippen LogP contribution >= 0.6 is 11.8 Å². The Morgan fingerprint density at radius 1 is 1.00 bits per heavy atom. The third kappa shape index (κ3) is 5.86. The van der Waals surface area contributed by atoms with Crippen LogP contribution in [0.25, 0.3) is 11.2 Å². The molecule has 0 saturated carbocycles. The number of hydrogen-bond donors (Lipinski definition) is 3. The Kier molecular flexibility index (Phi) is 6.79. The van der Waals surface area contributed by atoms with Crippen molar-refractivity contribution in [3.05, 3.63) is 53.2 Å². The number of fused-ring (bicyclic) bond motifs is 1. The van der Waals surface area contributed by atoms with Crippen molar-refractivity contribution in [1.29, 1.82) is 0 Å². The first-order valence-corrected chi connectivity index (χ1v) is 14.8. The third-order valence-corrected chi connectivity index (χ3v) is 8.35. The van der Waals surface area contributed by atoms with E-state index in [9.17, 15) is 17.2 Å². The molecule has 3 aromatic heterocycles. The number of sulfone groups is 1. The Morgan fingerprint density at radius 3 is 2.38 bits per heavy atom. The van der Waals surface area contributed by atoms with Crippen molar-refractivity contribution >= 4 is 60.8 Å². The molecule has 204 valence electrons. The minimum absolute atomic E-state index is 0.0409. The van der Waals surface area contributed by atoms with Crippen LogP contribution in [0, 0.1) is 13.8 Å². The summed E-state index contributed by atoms with van der Waals surface area (Å²) in [6.07, 6.45) is -1.74. The van der Waals surface area contributed by atoms with Crippen LogP contribution < -0.4 is 10.6 Å². The highest BCUT2D eigenvalue weighted by molar-refractivity contribution is 8.14. The fourth-order valence-electron chi connectivity index (χ4n) is 4.13. The average Bonchev–Trinajstić information content (AvgIpc) is 3.41. The molecular formula is C25H26F2N8O2S2. The molecule has 0 aliphatic carbocycles. The number of nitrogens with one attached hydrogen (secondary N) is 3. The molecule has 0 spiro atoms. The molecule has 5 rings (SSSR count). The fraction of sp³-hybridized carbons (Fsp3) is 0.320. The van der Waals surface area contributed by atoms with Crippen molar-refractivity contribution < 1.29 is 17.2 Å². The SMILES string of the molecule is Cc1cc(Nc2cc(Nc3ccc(C4=NC(C)(C)CS4)cc3S(C)(=O)=O)c3nc(C(F)F)[nH]c3n2)nc(C)n1. The molecule has 1 aliphatic heterocycles. The number of rotatable bonds is 7. The van der Waals surface area contributed by atoms with Crippen LogP contribution in [0.4, 0.5) is 31.8 Å². The van der Waals surface area contributed by atoms with Crippen molar-refractivity contribution in [2.75, 3.05) is 22.6 Å². The summed E-state index contributed by atoms with van der Waals surface area (Å²) >= 11 is 1.57. The second-order valence-electron chi connectivity index (χ2n) is 9.87. The summed E-state index contributed by atoms with van der Waals surface area (Å²) in [5, 5.41) is 6.92. The summed E-state index contributed by atoms with van der Waals surface area (Å²) in [6.45, 7) is 7.60. The van der Waals surface area contributed by atoms with Crippen molar-refractivity contribution in [2.45, 2.75) is 44.6 Å². The zero-order valence-corrected chi connectivity index (χ0v) is 23.4. The Bertz CT molecular complexity index is 1720. The monoisotopic (exact) mass is 572 g/mol. The Labute approximate surface area is 228 Å².